The Kier molecular flexibility index (Phi) is 2.50. The van der Waals surface area contributed by atoms with E-state index in [-0.39, 0.29) is 6.10 Å². The van der Waals surface area contributed by atoms with Crippen LogP contribution in [-0.2, 0) is 0 Å². The zero-order valence-electron chi connectivity index (χ0n) is 7.52. The summed E-state index contributed by atoms with van der Waals surface area (Å²) in [6.45, 7) is 6.20. The van der Waals surface area contributed by atoms with E-state index in [2.05, 4.69) is 20.8 Å². The zero-order valence-corrected chi connectivity index (χ0v) is 7.52. The largest absolute Gasteiger partial charge is 0.385 e. The summed E-state index contributed by atoms with van der Waals surface area (Å²) in [5.74, 6) is 0. The highest BCUT2D eigenvalue weighted by Crippen LogP contribution is 2.25. The quantitative estimate of drug-likeness (QED) is 0.528. The molecule has 1 heteroatoms. The highest BCUT2D eigenvalue weighted by Gasteiger charge is 2.14. The number of hydrogen-bond donors (Lipinski definition) is 1. The smallest absolute Gasteiger partial charge is 0.0936 e. The van der Waals surface area contributed by atoms with Crippen LogP contribution in [0.2, 0.25) is 0 Å². The fraction of sp³-hybridized carbons (Fsp3) is 0.600. The molecule has 0 aliphatic heterocycles. The average molecular weight is 152 g/mol. The molecule has 1 unspecified atom stereocenters. The van der Waals surface area contributed by atoms with Gasteiger partial charge in [-0.2, -0.15) is 0 Å². The lowest BCUT2D eigenvalue weighted by molar-refractivity contribution is 0.247. The molecular weight excluding hydrogens is 136 g/mol. The molecule has 1 aliphatic carbocycles. The van der Waals surface area contributed by atoms with Gasteiger partial charge < -0.3 is 5.11 Å². The van der Waals surface area contributed by atoms with Crippen molar-refractivity contribution in [2.45, 2.75) is 39.7 Å². The Bertz CT molecular complexity index is 207. The molecule has 0 fully saturated rings. The van der Waals surface area contributed by atoms with Crippen molar-refractivity contribution in [1.82, 2.24) is 0 Å². The second kappa shape index (κ2) is 3.22. The molecule has 1 N–H and O–H groups in total. The lowest BCUT2D eigenvalue weighted by Crippen LogP contribution is -2.13. The van der Waals surface area contributed by atoms with Gasteiger partial charge in [0.1, 0.15) is 0 Å². The van der Waals surface area contributed by atoms with Gasteiger partial charge in [0.05, 0.1) is 6.10 Å². The Labute approximate surface area is 68.4 Å². The fourth-order valence-electron chi connectivity index (χ4n) is 1.48. The highest BCUT2D eigenvalue weighted by molar-refractivity contribution is 5.26. The first-order valence-corrected chi connectivity index (χ1v) is 4.13. The summed E-state index contributed by atoms with van der Waals surface area (Å²) >= 11 is 0. The van der Waals surface area contributed by atoms with Gasteiger partial charge in [-0.25, -0.2) is 0 Å². The van der Waals surface area contributed by atoms with Gasteiger partial charge in [-0.1, -0.05) is 17.2 Å². The number of aliphatic hydroxyl groups excluding tert-OH is 1. The molecule has 1 nitrogen and oxygen atoms in total. The number of hydrogen-bond acceptors (Lipinski definition) is 1. The van der Waals surface area contributed by atoms with Gasteiger partial charge in [-0.05, 0) is 39.2 Å². The molecule has 11 heavy (non-hydrogen) atoms. The Morgan fingerprint density at radius 3 is 2.55 bits per heavy atom. The minimum atomic E-state index is -0.311. The van der Waals surface area contributed by atoms with Crippen LogP contribution in [0.1, 0.15) is 33.6 Å². The summed E-state index contributed by atoms with van der Waals surface area (Å²) < 4.78 is 0. The second-order valence-corrected chi connectivity index (χ2v) is 3.48. The predicted molar refractivity (Wildman–Crippen MR) is 47.4 cm³/mol. The van der Waals surface area contributed by atoms with Crippen molar-refractivity contribution in [3.05, 3.63) is 22.8 Å². The van der Waals surface area contributed by atoms with Gasteiger partial charge in [0.15, 0.2) is 0 Å². The normalized spacial score (nSPS) is 24.9. The first-order chi connectivity index (χ1) is 5.11. The molecule has 0 radical (unpaired) electrons. The molecule has 0 saturated carbocycles. The van der Waals surface area contributed by atoms with E-state index in [1.54, 1.807) is 0 Å². The van der Waals surface area contributed by atoms with Crippen LogP contribution in [0.25, 0.3) is 0 Å². The van der Waals surface area contributed by atoms with E-state index in [1.807, 2.05) is 6.08 Å². The van der Waals surface area contributed by atoms with Crippen LogP contribution < -0.4 is 0 Å². The third kappa shape index (κ3) is 1.93. The third-order valence-electron chi connectivity index (χ3n) is 2.23. The van der Waals surface area contributed by atoms with Gasteiger partial charge in [0, 0.05) is 0 Å². The minimum Gasteiger partial charge on any atom is -0.385 e. The van der Waals surface area contributed by atoms with E-state index in [0.29, 0.717) is 0 Å². The predicted octanol–water partition coefficient (Wildman–Crippen LogP) is 2.42. The van der Waals surface area contributed by atoms with Crippen molar-refractivity contribution >= 4 is 0 Å². The van der Waals surface area contributed by atoms with Crippen molar-refractivity contribution in [3.8, 4) is 0 Å². The van der Waals surface area contributed by atoms with Crippen LogP contribution in [0.5, 0.6) is 0 Å². The molecule has 0 bridgehead atoms. The van der Waals surface area contributed by atoms with Crippen molar-refractivity contribution in [1.29, 1.82) is 0 Å². The Hall–Kier alpha value is -0.560. The summed E-state index contributed by atoms with van der Waals surface area (Å²) in [5.41, 5.74) is 3.78. The molecular formula is C10H16O. The lowest BCUT2D eigenvalue weighted by Gasteiger charge is -2.20. The summed E-state index contributed by atoms with van der Waals surface area (Å²) in [6, 6.07) is 0. The van der Waals surface area contributed by atoms with Crippen LogP contribution in [0.15, 0.2) is 22.8 Å². The lowest BCUT2D eigenvalue weighted by atomic mass is 9.91. The number of rotatable bonds is 0. The Balaban J connectivity index is 2.85. The molecule has 0 heterocycles. The number of allylic oxidation sites excluding steroid dienone is 2. The third-order valence-corrected chi connectivity index (χ3v) is 2.23. The first-order valence-electron chi connectivity index (χ1n) is 4.13. The van der Waals surface area contributed by atoms with Crippen molar-refractivity contribution in [2.24, 2.45) is 0 Å². The molecule has 1 atom stereocenters. The fourth-order valence-corrected chi connectivity index (χ4v) is 1.48. The summed E-state index contributed by atoms with van der Waals surface area (Å²) in [6.07, 6.45) is 3.78. The van der Waals surface area contributed by atoms with Gasteiger partial charge in [0.25, 0.3) is 0 Å². The SMILES string of the molecule is CC1=CC(O)C(=C(C)C)CC1. The molecule has 1 rings (SSSR count). The van der Waals surface area contributed by atoms with E-state index in [0.717, 1.165) is 12.8 Å². The zero-order chi connectivity index (χ0) is 8.43. The molecule has 0 saturated heterocycles. The molecule has 0 aromatic heterocycles. The van der Waals surface area contributed by atoms with E-state index in [1.165, 1.54) is 16.7 Å². The van der Waals surface area contributed by atoms with Crippen LogP contribution in [0.3, 0.4) is 0 Å². The first kappa shape index (κ1) is 8.54. The van der Waals surface area contributed by atoms with Crippen molar-refractivity contribution in [2.75, 3.05) is 0 Å². The molecule has 0 spiro atoms. The maximum Gasteiger partial charge on any atom is 0.0936 e. The van der Waals surface area contributed by atoms with Gasteiger partial charge in [-0.3, -0.25) is 0 Å². The van der Waals surface area contributed by atoms with E-state index >= 15 is 0 Å². The molecule has 62 valence electrons. The highest BCUT2D eigenvalue weighted by atomic mass is 16.3. The maximum absolute atomic E-state index is 9.58. The van der Waals surface area contributed by atoms with Crippen molar-refractivity contribution in [3.63, 3.8) is 0 Å². The monoisotopic (exact) mass is 152 g/mol. The van der Waals surface area contributed by atoms with Gasteiger partial charge in [0.2, 0.25) is 0 Å². The van der Waals surface area contributed by atoms with E-state index < -0.39 is 0 Å². The molecule has 0 aromatic carbocycles. The van der Waals surface area contributed by atoms with Gasteiger partial charge >= 0.3 is 0 Å². The van der Waals surface area contributed by atoms with Crippen molar-refractivity contribution < 1.29 is 5.11 Å². The molecule has 0 amide bonds. The standard InChI is InChI=1S/C10H16O/c1-7(2)9-5-4-8(3)6-10(9)11/h6,10-11H,4-5H2,1-3H3. The molecule has 1 aliphatic rings. The van der Waals surface area contributed by atoms with E-state index in [9.17, 15) is 5.11 Å². The molecule has 0 aromatic rings. The number of aliphatic hydroxyl groups is 1. The van der Waals surface area contributed by atoms with Gasteiger partial charge in [-0.15, -0.1) is 0 Å². The minimum absolute atomic E-state index is 0.311. The summed E-state index contributed by atoms with van der Waals surface area (Å²) in [4.78, 5) is 0. The Morgan fingerprint density at radius 1 is 1.45 bits per heavy atom. The van der Waals surface area contributed by atoms with Crippen LogP contribution in [-0.4, -0.2) is 11.2 Å². The van der Waals surface area contributed by atoms with Crippen LogP contribution in [0.4, 0.5) is 0 Å². The second-order valence-electron chi connectivity index (χ2n) is 3.48. The average Bonchev–Trinajstić information content (AvgIpc) is 1.85. The topological polar surface area (TPSA) is 20.2 Å². The maximum atomic E-state index is 9.58. The van der Waals surface area contributed by atoms with Crippen LogP contribution in [0, 0.1) is 0 Å². The van der Waals surface area contributed by atoms with Crippen LogP contribution >= 0.6 is 0 Å². The Morgan fingerprint density at radius 2 is 2.09 bits per heavy atom. The summed E-state index contributed by atoms with van der Waals surface area (Å²) in [5, 5.41) is 9.58. The summed E-state index contributed by atoms with van der Waals surface area (Å²) in [7, 11) is 0. The van der Waals surface area contributed by atoms with E-state index in [4.69, 9.17) is 0 Å².